The molecule has 0 heterocycles. The Morgan fingerprint density at radius 3 is 1.09 bits per heavy atom. The van der Waals surface area contributed by atoms with Crippen molar-refractivity contribution in [2.45, 2.75) is 39.5 Å². The van der Waals surface area contributed by atoms with Crippen LogP contribution in [0, 0.1) is 0 Å². The summed E-state index contributed by atoms with van der Waals surface area (Å²) in [6.45, 7) is 4.21. The average molecular weight is 284 g/mol. The quantitative estimate of drug-likeness (QED) is 0.677. The topological polar surface area (TPSA) is 46.1 Å². The predicted molar refractivity (Wildman–Crippen MR) is 45.3 cm³/mol. The normalized spacial score (nSPS) is 7.64. The monoisotopic (exact) mass is 284 g/mol. The fourth-order valence-corrected chi connectivity index (χ4v) is 0.289. The van der Waals surface area contributed by atoms with Crippen LogP contribution in [0.4, 0.5) is 0 Å². The van der Waals surface area contributed by atoms with E-state index in [1.54, 1.807) is 0 Å². The molecule has 0 aliphatic carbocycles. The molecule has 0 saturated heterocycles. The van der Waals surface area contributed by atoms with Crippen molar-refractivity contribution in [2.75, 3.05) is 13.2 Å². The molecule has 0 aromatic carbocycles. The molecule has 11 heavy (non-hydrogen) atoms. The standard InChI is InChI=1S/2C4H9O.Ba/c2*1-2-3-4-5;/h2*2-4H2,1H3;/q2*-1;+2. The van der Waals surface area contributed by atoms with Crippen LogP contribution in [0.3, 0.4) is 0 Å². The first-order chi connectivity index (χ1) is 4.83. The molecule has 0 radical (unpaired) electrons. The van der Waals surface area contributed by atoms with Crippen molar-refractivity contribution in [3.8, 4) is 0 Å². The Morgan fingerprint density at radius 2 is 1.09 bits per heavy atom. The Bertz CT molecular complexity index is 33.1. The molecule has 0 atom stereocenters. The fraction of sp³-hybridized carbons (Fsp3) is 1.00. The molecule has 0 spiro atoms. The van der Waals surface area contributed by atoms with Crippen LogP contribution >= 0.6 is 0 Å². The third-order valence-corrected chi connectivity index (χ3v) is 0.996. The van der Waals surface area contributed by atoms with Gasteiger partial charge in [-0.2, -0.15) is 0 Å². The second kappa shape index (κ2) is 22.5. The summed E-state index contributed by atoms with van der Waals surface area (Å²) in [4.78, 5) is 0. The fourth-order valence-electron chi connectivity index (χ4n) is 0.289. The molecule has 0 saturated carbocycles. The van der Waals surface area contributed by atoms with E-state index in [4.69, 9.17) is 0 Å². The van der Waals surface area contributed by atoms with Crippen molar-refractivity contribution in [3.63, 3.8) is 0 Å². The van der Waals surface area contributed by atoms with Crippen molar-refractivity contribution in [1.29, 1.82) is 0 Å². The van der Waals surface area contributed by atoms with Gasteiger partial charge in [-0.1, -0.05) is 39.5 Å². The summed E-state index contributed by atoms with van der Waals surface area (Å²) in [5.74, 6) is 0. The van der Waals surface area contributed by atoms with Gasteiger partial charge in [0.2, 0.25) is 0 Å². The average Bonchev–Trinajstić information content (AvgIpc) is 1.93. The molecule has 0 N–H and O–H groups in total. The van der Waals surface area contributed by atoms with Gasteiger partial charge in [0.15, 0.2) is 0 Å². The summed E-state index contributed by atoms with van der Waals surface area (Å²) in [6, 6.07) is 0. The summed E-state index contributed by atoms with van der Waals surface area (Å²) in [6.07, 6.45) is 3.73. The first-order valence-electron chi connectivity index (χ1n) is 3.99. The smallest absolute Gasteiger partial charge is 0.854 e. The Morgan fingerprint density at radius 1 is 0.818 bits per heavy atom. The maximum Gasteiger partial charge on any atom is 2.00 e. The molecule has 0 bridgehead atoms. The third-order valence-electron chi connectivity index (χ3n) is 0.996. The zero-order chi connectivity index (χ0) is 8.24. The Labute approximate surface area is 110 Å². The van der Waals surface area contributed by atoms with Gasteiger partial charge in [0, 0.05) is 0 Å². The minimum atomic E-state index is 0. The van der Waals surface area contributed by atoms with Crippen molar-refractivity contribution in [1.82, 2.24) is 0 Å². The third kappa shape index (κ3) is 34.3. The predicted octanol–water partition coefficient (Wildman–Crippen LogP) is -0.0872. The van der Waals surface area contributed by atoms with E-state index in [2.05, 4.69) is 0 Å². The molecule has 0 rings (SSSR count). The maximum atomic E-state index is 9.53. The Balaban J connectivity index is -0.000000107. The van der Waals surface area contributed by atoms with Crippen LogP contribution in [0.2, 0.25) is 0 Å². The summed E-state index contributed by atoms with van der Waals surface area (Å²) < 4.78 is 0. The van der Waals surface area contributed by atoms with E-state index in [0.29, 0.717) is 0 Å². The minimum Gasteiger partial charge on any atom is -0.854 e. The van der Waals surface area contributed by atoms with Crippen molar-refractivity contribution < 1.29 is 10.2 Å². The first-order valence-corrected chi connectivity index (χ1v) is 3.99. The molecule has 0 aromatic rings. The van der Waals surface area contributed by atoms with Crippen molar-refractivity contribution in [3.05, 3.63) is 0 Å². The van der Waals surface area contributed by atoms with Crippen LogP contribution in [0.1, 0.15) is 39.5 Å². The van der Waals surface area contributed by atoms with Crippen molar-refractivity contribution >= 4 is 48.9 Å². The van der Waals surface area contributed by atoms with E-state index in [-0.39, 0.29) is 62.1 Å². The summed E-state index contributed by atoms with van der Waals surface area (Å²) >= 11 is 0. The van der Waals surface area contributed by atoms with Gasteiger partial charge in [0.05, 0.1) is 0 Å². The van der Waals surface area contributed by atoms with Gasteiger partial charge in [-0.3, -0.25) is 0 Å². The molecular weight excluding hydrogens is 265 g/mol. The van der Waals surface area contributed by atoms with Gasteiger partial charge >= 0.3 is 48.9 Å². The molecule has 0 aromatic heterocycles. The largest absolute Gasteiger partial charge is 2.00 e. The first kappa shape index (κ1) is 18.3. The van der Waals surface area contributed by atoms with Crippen LogP contribution < -0.4 is 10.2 Å². The van der Waals surface area contributed by atoms with E-state index in [9.17, 15) is 10.2 Å². The van der Waals surface area contributed by atoms with Crippen LogP contribution in [0.25, 0.3) is 0 Å². The molecular formula is C8H18BaO2. The van der Waals surface area contributed by atoms with Gasteiger partial charge in [-0.05, 0) is 0 Å². The second-order valence-corrected chi connectivity index (χ2v) is 2.12. The van der Waals surface area contributed by atoms with Crippen LogP contribution in [-0.4, -0.2) is 62.1 Å². The van der Waals surface area contributed by atoms with Gasteiger partial charge in [-0.15, -0.1) is 13.2 Å². The van der Waals surface area contributed by atoms with Crippen LogP contribution in [-0.2, 0) is 0 Å². The molecule has 0 amide bonds. The van der Waals surface area contributed by atoms with Gasteiger partial charge in [-0.25, -0.2) is 0 Å². The van der Waals surface area contributed by atoms with E-state index in [0.717, 1.165) is 25.7 Å². The Hall–Kier alpha value is 1.49. The number of hydrogen-bond donors (Lipinski definition) is 0. The van der Waals surface area contributed by atoms with Crippen molar-refractivity contribution in [2.24, 2.45) is 0 Å². The summed E-state index contributed by atoms with van der Waals surface area (Å²) in [7, 11) is 0. The number of rotatable bonds is 4. The van der Waals surface area contributed by atoms with Gasteiger partial charge < -0.3 is 10.2 Å². The van der Waals surface area contributed by atoms with E-state index in [1.807, 2.05) is 13.8 Å². The molecule has 0 aliphatic heterocycles. The van der Waals surface area contributed by atoms with E-state index >= 15 is 0 Å². The molecule has 0 fully saturated rings. The van der Waals surface area contributed by atoms with Gasteiger partial charge in [0.1, 0.15) is 0 Å². The minimum absolute atomic E-state index is 0. The SMILES string of the molecule is CCCC[O-].CCCC[O-].[Ba+2]. The maximum absolute atomic E-state index is 9.53. The zero-order valence-corrected chi connectivity index (χ0v) is 12.2. The zero-order valence-electron chi connectivity index (χ0n) is 7.77. The van der Waals surface area contributed by atoms with Gasteiger partial charge in [0.25, 0.3) is 0 Å². The van der Waals surface area contributed by atoms with E-state index < -0.39 is 0 Å². The van der Waals surface area contributed by atoms with E-state index in [1.165, 1.54) is 0 Å². The molecule has 2 nitrogen and oxygen atoms in total. The summed E-state index contributed by atoms with van der Waals surface area (Å²) in [5.41, 5.74) is 0. The molecule has 3 heteroatoms. The molecule has 0 aliphatic rings. The summed E-state index contributed by atoms with van der Waals surface area (Å²) in [5, 5.41) is 19.1. The second-order valence-electron chi connectivity index (χ2n) is 2.12. The molecule has 0 unspecified atom stereocenters. The number of unbranched alkanes of at least 4 members (excludes halogenated alkanes) is 2. The Kier molecular flexibility index (Phi) is 37.5. The number of hydrogen-bond acceptors (Lipinski definition) is 2. The molecule has 64 valence electrons. The van der Waals surface area contributed by atoms with Crippen LogP contribution in [0.15, 0.2) is 0 Å². The van der Waals surface area contributed by atoms with Crippen LogP contribution in [0.5, 0.6) is 0 Å².